The molecule has 0 aliphatic heterocycles. The van der Waals surface area contributed by atoms with Gasteiger partial charge in [0.25, 0.3) is 0 Å². The Labute approximate surface area is 161 Å². The van der Waals surface area contributed by atoms with E-state index in [0.29, 0.717) is 18.2 Å². The molecule has 0 unspecified atom stereocenters. The molecule has 0 fully saturated rings. The van der Waals surface area contributed by atoms with Crippen LogP contribution in [0.15, 0.2) is 61.1 Å². The largest absolute Gasteiger partial charge is 0.460 e. The van der Waals surface area contributed by atoms with Crippen molar-refractivity contribution in [3.05, 3.63) is 77.6 Å². The maximum absolute atomic E-state index is 12.2. The number of esters is 1. The molecule has 0 radical (unpaired) electrons. The van der Waals surface area contributed by atoms with Gasteiger partial charge in [-0.2, -0.15) is 0 Å². The summed E-state index contributed by atoms with van der Waals surface area (Å²) in [5.74, 6) is -0.172. The number of benzene rings is 1. The summed E-state index contributed by atoms with van der Waals surface area (Å²) in [7, 11) is 0. The molecule has 27 heavy (non-hydrogen) atoms. The fourth-order valence-electron chi connectivity index (χ4n) is 3.02. The summed E-state index contributed by atoms with van der Waals surface area (Å²) in [6.07, 6.45) is 5.32. The summed E-state index contributed by atoms with van der Waals surface area (Å²) in [6, 6.07) is 13.4. The van der Waals surface area contributed by atoms with Crippen LogP contribution in [-0.2, 0) is 11.3 Å². The standard InChI is InChI=1S/C20H17ClN4O2/c1-2-27-20(26)19-22-10-12-24(19)13-16-18(14-6-8-15(21)9-7-14)23-17-5-3-4-11-25(16)17/h3-12H,2,13H2,1H3. The molecule has 4 rings (SSSR count). The molecule has 0 saturated carbocycles. The van der Waals surface area contributed by atoms with E-state index in [4.69, 9.17) is 21.3 Å². The van der Waals surface area contributed by atoms with Crippen molar-refractivity contribution >= 4 is 23.2 Å². The molecule has 0 aliphatic rings. The van der Waals surface area contributed by atoms with Gasteiger partial charge >= 0.3 is 5.97 Å². The van der Waals surface area contributed by atoms with Crippen molar-refractivity contribution in [2.24, 2.45) is 0 Å². The molecule has 3 aromatic heterocycles. The number of fused-ring (bicyclic) bond motifs is 1. The highest BCUT2D eigenvalue weighted by Gasteiger charge is 2.19. The normalized spacial score (nSPS) is 11.0. The number of halogens is 1. The van der Waals surface area contributed by atoms with E-state index in [1.165, 1.54) is 0 Å². The molecule has 0 aliphatic carbocycles. The lowest BCUT2D eigenvalue weighted by molar-refractivity contribution is 0.0507. The van der Waals surface area contributed by atoms with Crippen molar-refractivity contribution in [1.29, 1.82) is 0 Å². The van der Waals surface area contributed by atoms with Crippen LogP contribution in [0.1, 0.15) is 23.2 Å². The molecule has 3 heterocycles. The Morgan fingerprint density at radius 1 is 1.15 bits per heavy atom. The SMILES string of the molecule is CCOC(=O)c1nccn1Cc1c(-c2ccc(Cl)cc2)nc2ccccn12. The van der Waals surface area contributed by atoms with E-state index in [0.717, 1.165) is 22.6 Å². The molecule has 0 bridgehead atoms. The van der Waals surface area contributed by atoms with Crippen LogP contribution in [0, 0.1) is 0 Å². The average molecular weight is 381 g/mol. The first kappa shape index (κ1) is 17.3. The molecule has 0 atom stereocenters. The number of hydrogen-bond donors (Lipinski definition) is 0. The molecular weight excluding hydrogens is 364 g/mol. The third-order valence-corrected chi connectivity index (χ3v) is 4.49. The van der Waals surface area contributed by atoms with Crippen LogP contribution in [0.3, 0.4) is 0 Å². The molecule has 1 aromatic carbocycles. The number of aromatic nitrogens is 4. The zero-order valence-corrected chi connectivity index (χ0v) is 15.4. The maximum Gasteiger partial charge on any atom is 0.374 e. The fraction of sp³-hybridized carbons (Fsp3) is 0.150. The fourth-order valence-corrected chi connectivity index (χ4v) is 3.15. The molecule has 7 heteroatoms. The molecule has 0 N–H and O–H groups in total. The van der Waals surface area contributed by atoms with Gasteiger partial charge in [-0.15, -0.1) is 0 Å². The second-order valence-corrected chi connectivity index (χ2v) is 6.38. The van der Waals surface area contributed by atoms with Crippen molar-refractivity contribution in [3.8, 4) is 11.3 Å². The third-order valence-electron chi connectivity index (χ3n) is 4.24. The summed E-state index contributed by atoms with van der Waals surface area (Å²) < 4.78 is 8.89. The number of ether oxygens (including phenoxy) is 1. The monoisotopic (exact) mass is 380 g/mol. The first-order chi connectivity index (χ1) is 13.2. The van der Waals surface area contributed by atoms with E-state index in [9.17, 15) is 4.79 Å². The van der Waals surface area contributed by atoms with E-state index in [2.05, 4.69) is 4.98 Å². The van der Waals surface area contributed by atoms with Gasteiger partial charge in [0.05, 0.1) is 24.5 Å². The summed E-state index contributed by atoms with van der Waals surface area (Å²) in [4.78, 5) is 21.1. The van der Waals surface area contributed by atoms with Gasteiger partial charge in [0.2, 0.25) is 5.82 Å². The quantitative estimate of drug-likeness (QED) is 0.489. The minimum absolute atomic E-state index is 0.268. The molecule has 0 amide bonds. The molecule has 6 nitrogen and oxygen atoms in total. The Balaban J connectivity index is 1.82. The van der Waals surface area contributed by atoms with Crippen LogP contribution >= 0.6 is 11.6 Å². The summed E-state index contributed by atoms with van der Waals surface area (Å²) >= 11 is 6.03. The zero-order valence-electron chi connectivity index (χ0n) is 14.7. The lowest BCUT2D eigenvalue weighted by atomic mass is 10.1. The van der Waals surface area contributed by atoms with Gasteiger partial charge in [0.1, 0.15) is 5.65 Å². The second kappa shape index (κ2) is 7.25. The van der Waals surface area contributed by atoms with Crippen LogP contribution in [0.2, 0.25) is 5.02 Å². The number of carbonyl (C=O) groups excluding carboxylic acids is 1. The number of rotatable bonds is 5. The Morgan fingerprint density at radius 2 is 1.96 bits per heavy atom. The van der Waals surface area contributed by atoms with E-state index >= 15 is 0 Å². The summed E-state index contributed by atoms with van der Waals surface area (Å²) in [6.45, 7) is 2.50. The van der Waals surface area contributed by atoms with E-state index in [1.54, 1.807) is 23.9 Å². The van der Waals surface area contributed by atoms with Gasteiger partial charge in [-0.1, -0.05) is 29.8 Å². The Morgan fingerprint density at radius 3 is 2.74 bits per heavy atom. The lowest BCUT2D eigenvalue weighted by Gasteiger charge is -2.09. The molecular formula is C20H17ClN4O2. The number of imidazole rings is 2. The van der Waals surface area contributed by atoms with Gasteiger partial charge in [-0.3, -0.25) is 0 Å². The van der Waals surface area contributed by atoms with Crippen molar-refractivity contribution in [2.45, 2.75) is 13.5 Å². The Bertz CT molecular complexity index is 1100. The van der Waals surface area contributed by atoms with Gasteiger partial charge in [0, 0.05) is 29.2 Å². The second-order valence-electron chi connectivity index (χ2n) is 5.94. The topological polar surface area (TPSA) is 61.4 Å². The van der Waals surface area contributed by atoms with Crippen molar-refractivity contribution in [2.75, 3.05) is 6.61 Å². The molecule has 0 saturated heterocycles. The molecule has 4 aromatic rings. The van der Waals surface area contributed by atoms with Gasteiger partial charge in [0.15, 0.2) is 0 Å². The van der Waals surface area contributed by atoms with Crippen LogP contribution < -0.4 is 0 Å². The first-order valence-corrected chi connectivity index (χ1v) is 8.95. The number of hydrogen-bond acceptors (Lipinski definition) is 4. The van der Waals surface area contributed by atoms with E-state index in [1.807, 2.05) is 53.1 Å². The number of nitrogens with zero attached hydrogens (tertiary/aromatic N) is 4. The highest BCUT2D eigenvalue weighted by molar-refractivity contribution is 6.30. The van der Waals surface area contributed by atoms with Crippen molar-refractivity contribution < 1.29 is 9.53 Å². The van der Waals surface area contributed by atoms with Crippen LogP contribution in [0.25, 0.3) is 16.9 Å². The third kappa shape index (κ3) is 3.31. The van der Waals surface area contributed by atoms with Gasteiger partial charge in [-0.25, -0.2) is 14.8 Å². The number of carbonyl (C=O) groups is 1. The summed E-state index contributed by atoms with van der Waals surface area (Å²) in [5.41, 5.74) is 3.56. The highest BCUT2D eigenvalue weighted by Crippen LogP contribution is 2.27. The smallest absolute Gasteiger partial charge is 0.374 e. The Kier molecular flexibility index (Phi) is 4.64. The van der Waals surface area contributed by atoms with Gasteiger partial charge < -0.3 is 13.7 Å². The van der Waals surface area contributed by atoms with Crippen molar-refractivity contribution in [1.82, 2.24) is 18.9 Å². The van der Waals surface area contributed by atoms with Crippen LogP contribution in [-0.4, -0.2) is 31.5 Å². The van der Waals surface area contributed by atoms with Gasteiger partial charge in [-0.05, 0) is 31.2 Å². The van der Waals surface area contributed by atoms with E-state index in [-0.39, 0.29) is 5.82 Å². The predicted octanol–water partition coefficient (Wildman–Crippen LogP) is 4.08. The lowest BCUT2D eigenvalue weighted by Crippen LogP contribution is -2.14. The minimum atomic E-state index is -0.440. The molecule has 0 spiro atoms. The first-order valence-electron chi connectivity index (χ1n) is 8.57. The maximum atomic E-state index is 12.2. The van der Waals surface area contributed by atoms with Crippen LogP contribution in [0.5, 0.6) is 0 Å². The molecule has 136 valence electrons. The Hall–Kier alpha value is -3.12. The summed E-state index contributed by atoms with van der Waals surface area (Å²) in [5, 5.41) is 0.670. The zero-order chi connectivity index (χ0) is 18.8. The average Bonchev–Trinajstić information content (AvgIpc) is 3.28. The van der Waals surface area contributed by atoms with Crippen LogP contribution in [0.4, 0.5) is 0 Å². The van der Waals surface area contributed by atoms with Crippen molar-refractivity contribution in [3.63, 3.8) is 0 Å². The number of pyridine rings is 1. The minimum Gasteiger partial charge on any atom is -0.460 e. The highest BCUT2D eigenvalue weighted by atomic mass is 35.5. The van der Waals surface area contributed by atoms with E-state index < -0.39 is 5.97 Å². The predicted molar refractivity (Wildman–Crippen MR) is 103 cm³/mol.